The molecule has 0 aromatic rings. The molecule has 0 amide bonds. The summed E-state index contributed by atoms with van der Waals surface area (Å²) in [6.07, 6.45) is 3.94. The lowest BCUT2D eigenvalue weighted by molar-refractivity contribution is 0.0187. The minimum absolute atomic E-state index is 0.780. The van der Waals surface area contributed by atoms with E-state index < -0.39 is 0 Å². The van der Waals surface area contributed by atoms with Gasteiger partial charge in [-0.1, -0.05) is 13.8 Å². The largest absolute Gasteiger partial charge is 0.381 e. The molecule has 2 heterocycles. The maximum atomic E-state index is 5.40. The van der Waals surface area contributed by atoms with Gasteiger partial charge in [0, 0.05) is 12.6 Å². The Hall–Kier alpha value is -0.0800. The quantitative estimate of drug-likeness (QED) is 0.600. The molecule has 2 nitrogen and oxygen atoms in total. The monoisotopic (exact) mass is 171 g/mol. The fraction of sp³-hybridized carbons (Fsp3) is 1.00. The molecule has 0 aromatic heterocycles. The van der Waals surface area contributed by atoms with Gasteiger partial charge in [0.05, 0.1) is 6.61 Å². The van der Waals surface area contributed by atoms with Crippen molar-refractivity contribution in [3.8, 4) is 0 Å². The Bertz CT molecular complexity index is 90.4. The van der Waals surface area contributed by atoms with E-state index in [-0.39, 0.29) is 0 Å². The van der Waals surface area contributed by atoms with Gasteiger partial charge in [-0.05, 0) is 31.7 Å². The number of hydrogen-bond acceptors (Lipinski definition) is 2. The van der Waals surface area contributed by atoms with Crippen molar-refractivity contribution in [1.82, 2.24) is 5.32 Å². The molecule has 1 N–H and O–H groups in total. The summed E-state index contributed by atoms with van der Waals surface area (Å²) in [7, 11) is 0. The highest BCUT2D eigenvalue weighted by molar-refractivity contribution is 4.83. The number of hydrogen-bond donors (Lipinski definition) is 1. The molecular weight excluding hydrogens is 150 g/mol. The molecule has 2 aliphatic heterocycles. The molecule has 0 radical (unpaired) electrons. The van der Waals surface area contributed by atoms with Gasteiger partial charge in [0.25, 0.3) is 0 Å². The summed E-state index contributed by atoms with van der Waals surface area (Å²) in [5.74, 6) is 0.822. The highest BCUT2D eigenvalue weighted by Crippen LogP contribution is 2.22. The van der Waals surface area contributed by atoms with Crippen molar-refractivity contribution in [3.05, 3.63) is 0 Å². The van der Waals surface area contributed by atoms with Crippen LogP contribution in [-0.2, 0) is 4.74 Å². The van der Waals surface area contributed by atoms with Crippen LogP contribution >= 0.6 is 0 Å². The molecule has 2 saturated heterocycles. The first-order valence-electron chi connectivity index (χ1n) is 5.28. The number of ether oxygens (including phenoxy) is 1. The number of nitrogens with one attached hydrogen (secondary N) is 1. The predicted molar refractivity (Wildman–Crippen MR) is 51.3 cm³/mol. The van der Waals surface area contributed by atoms with Crippen molar-refractivity contribution < 1.29 is 4.74 Å². The van der Waals surface area contributed by atoms with Crippen LogP contribution in [0.25, 0.3) is 0 Å². The van der Waals surface area contributed by atoms with Gasteiger partial charge in [0.15, 0.2) is 0 Å². The van der Waals surface area contributed by atoms with Gasteiger partial charge in [-0.25, -0.2) is 0 Å². The van der Waals surface area contributed by atoms with Crippen molar-refractivity contribution in [2.75, 3.05) is 19.8 Å². The summed E-state index contributed by atoms with van der Waals surface area (Å²) in [5, 5.41) is 3.54. The highest BCUT2D eigenvalue weighted by atomic mass is 16.5. The van der Waals surface area contributed by atoms with E-state index in [2.05, 4.69) is 5.32 Å². The van der Waals surface area contributed by atoms with Crippen LogP contribution in [0.4, 0.5) is 0 Å². The van der Waals surface area contributed by atoms with E-state index in [1.807, 2.05) is 13.8 Å². The Morgan fingerprint density at radius 1 is 1.25 bits per heavy atom. The van der Waals surface area contributed by atoms with Crippen molar-refractivity contribution in [1.29, 1.82) is 0 Å². The van der Waals surface area contributed by atoms with Crippen LogP contribution in [0.2, 0.25) is 0 Å². The first-order valence-corrected chi connectivity index (χ1v) is 5.28. The number of fused-ring (bicyclic) bond motifs is 1. The van der Waals surface area contributed by atoms with E-state index in [0.29, 0.717) is 0 Å². The van der Waals surface area contributed by atoms with Crippen molar-refractivity contribution >= 4 is 0 Å². The molecule has 0 bridgehead atoms. The van der Waals surface area contributed by atoms with Gasteiger partial charge in [0.1, 0.15) is 0 Å². The molecule has 0 aliphatic carbocycles. The second kappa shape index (κ2) is 5.55. The van der Waals surface area contributed by atoms with E-state index in [1.165, 1.54) is 25.8 Å². The predicted octanol–water partition coefficient (Wildman–Crippen LogP) is 1.80. The third kappa shape index (κ3) is 2.46. The summed E-state index contributed by atoms with van der Waals surface area (Å²) in [6.45, 7) is 7.19. The van der Waals surface area contributed by atoms with Crippen molar-refractivity contribution in [3.63, 3.8) is 0 Å². The Morgan fingerprint density at radius 3 is 2.83 bits per heavy atom. The third-order valence-corrected chi connectivity index (χ3v) is 2.63. The SMILES string of the molecule is C1CNC2CCOCC2C1.CC. The molecule has 72 valence electrons. The minimum atomic E-state index is 0.780. The Balaban J connectivity index is 0.000000336. The van der Waals surface area contributed by atoms with Crippen LogP contribution in [0.1, 0.15) is 33.1 Å². The topological polar surface area (TPSA) is 21.3 Å². The third-order valence-electron chi connectivity index (χ3n) is 2.63. The lowest BCUT2D eigenvalue weighted by Gasteiger charge is -2.35. The van der Waals surface area contributed by atoms with Gasteiger partial charge in [0.2, 0.25) is 0 Å². The van der Waals surface area contributed by atoms with Gasteiger partial charge < -0.3 is 10.1 Å². The van der Waals surface area contributed by atoms with E-state index >= 15 is 0 Å². The molecule has 0 spiro atoms. The Labute approximate surface area is 75.7 Å². The molecule has 0 aromatic carbocycles. The van der Waals surface area contributed by atoms with Gasteiger partial charge in [-0.15, -0.1) is 0 Å². The smallest absolute Gasteiger partial charge is 0.0509 e. The lowest BCUT2D eigenvalue weighted by Crippen LogP contribution is -2.46. The summed E-state index contributed by atoms with van der Waals surface area (Å²) in [6, 6.07) is 0.780. The van der Waals surface area contributed by atoms with E-state index in [9.17, 15) is 0 Å². The molecular formula is C10H21NO. The zero-order chi connectivity index (χ0) is 8.81. The van der Waals surface area contributed by atoms with Crippen molar-refractivity contribution in [2.24, 2.45) is 5.92 Å². The maximum absolute atomic E-state index is 5.40. The summed E-state index contributed by atoms with van der Waals surface area (Å²) >= 11 is 0. The van der Waals surface area contributed by atoms with Crippen LogP contribution in [0, 0.1) is 5.92 Å². The van der Waals surface area contributed by atoms with Crippen LogP contribution < -0.4 is 5.32 Å². The molecule has 2 rings (SSSR count). The minimum Gasteiger partial charge on any atom is -0.381 e. The molecule has 12 heavy (non-hydrogen) atoms. The van der Waals surface area contributed by atoms with E-state index in [4.69, 9.17) is 4.74 Å². The second-order valence-corrected chi connectivity index (χ2v) is 3.33. The number of rotatable bonds is 0. The Kier molecular flexibility index (Phi) is 4.62. The maximum Gasteiger partial charge on any atom is 0.0509 e. The van der Waals surface area contributed by atoms with Gasteiger partial charge >= 0.3 is 0 Å². The molecule has 2 unspecified atom stereocenters. The zero-order valence-corrected chi connectivity index (χ0v) is 8.31. The average Bonchev–Trinajstić information content (AvgIpc) is 2.21. The summed E-state index contributed by atoms with van der Waals surface area (Å²) in [5.41, 5.74) is 0. The summed E-state index contributed by atoms with van der Waals surface area (Å²) < 4.78 is 5.40. The van der Waals surface area contributed by atoms with Crippen LogP contribution in [0.15, 0.2) is 0 Å². The summed E-state index contributed by atoms with van der Waals surface area (Å²) in [4.78, 5) is 0. The molecule has 2 heteroatoms. The van der Waals surface area contributed by atoms with Gasteiger partial charge in [-0.2, -0.15) is 0 Å². The average molecular weight is 171 g/mol. The van der Waals surface area contributed by atoms with Gasteiger partial charge in [-0.3, -0.25) is 0 Å². The van der Waals surface area contributed by atoms with Crippen LogP contribution in [0.3, 0.4) is 0 Å². The molecule has 2 atom stereocenters. The normalized spacial score (nSPS) is 34.5. The lowest BCUT2D eigenvalue weighted by atomic mass is 9.88. The zero-order valence-electron chi connectivity index (χ0n) is 8.31. The second-order valence-electron chi connectivity index (χ2n) is 3.33. The highest BCUT2D eigenvalue weighted by Gasteiger charge is 2.27. The molecule has 2 fully saturated rings. The fourth-order valence-electron chi connectivity index (χ4n) is 2.00. The molecule has 0 saturated carbocycles. The molecule has 2 aliphatic rings. The first-order chi connectivity index (χ1) is 5.97. The van der Waals surface area contributed by atoms with E-state index in [0.717, 1.165) is 25.2 Å². The van der Waals surface area contributed by atoms with Crippen molar-refractivity contribution in [2.45, 2.75) is 39.2 Å². The fourth-order valence-corrected chi connectivity index (χ4v) is 2.00. The van der Waals surface area contributed by atoms with E-state index in [1.54, 1.807) is 0 Å². The first kappa shape index (κ1) is 10.0. The Morgan fingerprint density at radius 2 is 2.08 bits per heavy atom. The van der Waals surface area contributed by atoms with Crippen LogP contribution in [-0.4, -0.2) is 25.8 Å². The van der Waals surface area contributed by atoms with Crippen LogP contribution in [0.5, 0.6) is 0 Å². The standard InChI is InChI=1S/C8H15NO.C2H6/c1-2-7-6-10-5-3-8(7)9-4-1;1-2/h7-9H,1-6H2;1-2H3. The number of piperidine rings is 1.